The standard InChI is InChI=1S/C28H29ClN2O3/c29-26-10-8-22(9-11-26)27-19-31(28(20-32)34-27)18-24-7-6-23(21-4-2-1-3-5-21)16-25(24)17-30-12-14-33-15-13-30/h1-11,16,20,27-28H,12-15,17-19H2/t27-,28?/m0/s1. The minimum absolute atomic E-state index is 0.154. The van der Waals surface area contributed by atoms with Gasteiger partial charge >= 0.3 is 0 Å². The number of carbonyl (C=O) groups excluding carboxylic acids is 1. The average Bonchev–Trinajstić information content (AvgIpc) is 3.29. The molecule has 0 saturated carbocycles. The van der Waals surface area contributed by atoms with Crippen LogP contribution in [0.3, 0.4) is 0 Å². The molecule has 2 aliphatic rings. The van der Waals surface area contributed by atoms with Crippen molar-refractivity contribution < 1.29 is 14.3 Å². The van der Waals surface area contributed by atoms with Crippen LogP contribution in [-0.4, -0.2) is 55.2 Å². The average molecular weight is 477 g/mol. The lowest BCUT2D eigenvalue weighted by molar-refractivity contribution is -0.123. The molecule has 2 fully saturated rings. The lowest BCUT2D eigenvalue weighted by atomic mass is 9.98. The highest BCUT2D eigenvalue weighted by molar-refractivity contribution is 6.30. The van der Waals surface area contributed by atoms with Gasteiger partial charge in [0.05, 0.1) is 19.3 Å². The van der Waals surface area contributed by atoms with Crippen LogP contribution in [-0.2, 0) is 27.4 Å². The fraction of sp³-hybridized carbons (Fsp3) is 0.321. The first kappa shape index (κ1) is 23.2. The molecule has 0 bridgehead atoms. The number of halogens is 1. The summed E-state index contributed by atoms with van der Waals surface area (Å²) in [5, 5.41) is 0.691. The van der Waals surface area contributed by atoms with Gasteiger partial charge in [0.1, 0.15) is 0 Å². The third-order valence-corrected chi connectivity index (χ3v) is 6.86. The third kappa shape index (κ3) is 5.40. The predicted molar refractivity (Wildman–Crippen MR) is 134 cm³/mol. The zero-order chi connectivity index (χ0) is 23.3. The lowest BCUT2D eigenvalue weighted by Crippen LogP contribution is -2.36. The summed E-state index contributed by atoms with van der Waals surface area (Å²) in [4.78, 5) is 16.4. The maximum Gasteiger partial charge on any atom is 0.168 e. The van der Waals surface area contributed by atoms with Crippen molar-refractivity contribution in [2.24, 2.45) is 0 Å². The first-order valence-electron chi connectivity index (χ1n) is 11.8. The van der Waals surface area contributed by atoms with E-state index in [1.54, 1.807) is 0 Å². The van der Waals surface area contributed by atoms with E-state index < -0.39 is 6.23 Å². The zero-order valence-corrected chi connectivity index (χ0v) is 19.9. The maximum absolute atomic E-state index is 11.9. The fourth-order valence-electron chi connectivity index (χ4n) is 4.70. The van der Waals surface area contributed by atoms with Crippen LogP contribution in [0.15, 0.2) is 72.8 Å². The van der Waals surface area contributed by atoms with Crippen molar-refractivity contribution >= 4 is 17.9 Å². The number of rotatable bonds is 7. The summed E-state index contributed by atoms with van der Waals surface area (Å²) >= 11 is 6.05. The van der Waals surface area contributed by atoms with E-state index in [1.165, 1.54) is 22.3 Å². The number of nitrogens with zero attached hydrogens (tertiary/aromatic N) is 2. The molecule has 176 valence electrons. The quantitative estimate of drug-likeness (QED) is 0.452. The third-order valence-electron chi connectivity index (χ3n) is 6.61. The Morgan fingerprint density at radius 2 is 1.65 bits per heavy atom. The SMILES string of the molecule is O=CC1O[C@H](c2ccc(Cl)cc2)CN1Cc1ccc(-c2ccccc2)cc1CN1CCOCC1. The van der Waals surface area contributed by atoms with Crippen LogP contribution >= 0.6 is 11.6 Å². The monoisotopic (exact) mass is 476 g/mol. The number of ether oxygens (including phenoxy) is 2. The van der Waals surface area contributed by atoms with E-state index in [2.05, 4.69) is 52.3 Å². The van der Waals surface area contributed by atoms with E-state index in [0.29, 0.717) is 18.1 Å². The van der Waals surface area contributed by atoms with E-state index in [9.17, 15) is 4.79 Å². The molecule has 0 amide bonds. The van der Waals surface area contributed by atoms with Crippen molar-refractivity contribution in [2.75, 3.05) is 32.8 Å². The molecule has 1 unspecified atom stereocenters. The highest BCUT2D eigenvalue weighted by Crippen LogP contribution is 2.32. The largest absolute Gasteiger partial charge is 0.379 e. The number of morpholine rings is 1. The molecule has 0 radical (unpaired) electrons. The van der Waals surface area contributed by atoms with Gasteiger partial charge in [0.2, 0.25) is 0 Å². The van der Waals surface area contributed by atoms with E-state index in [0.717, 1.165) is 44.7 Å². The molecule has 2 aliphatic heterocycles. The molecular weight excluding hydrogens is 448 g/mol. The first-order valence-corrected chi connectivity index (χ1v) is 12.1. The molecule has 3 aromatic carbocycles. The van der Waals surface area contributed by atoms with Gasteiger partial charge in [0, 0.05) is 37.7 Å². The van der Waals surface area contributed by atoms with Crippen molar-refractivity contribution in [3.63, 3.8) is 0 Å². The summed E-state index contributed by atoms with van der Waals surface area (Å²) < 4.78 is 11.6. The first-order chi connectivity index (χ1) is 16.7. The van der Waals surface area contributed by atoms with Crippen molar-refractivity contribution in [1.29, 1.82) is 0 Å². The van der Waals surface area contributed by atoms with Crippen molar-refractivity contribution in [3.8, 4) is 11.1 Å². The van der Waals surface area contributed by atoms with E-state index in [1.807, 2.05) is 30.3 Å². The number of carbonyl (C=O) groups is 1. The van der Waals surface area contributed by atoms with Crippen LogP contribution in [0.2, 0.25) is 5.02 Å². The molecule has 2 saturated heterocycles. The van der Waals surface area contributed by atoms with Gasteiger partial charge in [0.15, 0.2) is 12.5 Å². The summed E-state index contributed by atoms with van der Waals surface area (Å²) in [7, 11) is 0. The fourth-order valence-corrected chi connectivity index (χ4v) is 4.83. The summed E-state index contributed by atoms with van der Waals surface area (Å²) in [5.74, 6) is 0. The minimum Gasteiger partial charge on any atom is -0.379 e. The number of hydrogen-bond donors (Lipinski definition) is 0. The van der Waals surface area contributed by atoms with Crippen LogP contribution in [0.25, 0.3) is 11.1 Å². The Balaban J connectivity index is 1.39. The van der Waals surface area contributed by atoms with Gasteiger partial charge < -0.3 is 9.47 Å². The molecular formula is C28H29ClN2O3. The highest BCUT2D eigenvalue weighted by Gasteiger charge is 2.34. The van der Waals surface area contributed by atoms with Crippen LogP contribution in [0.1, 0.15) is 22.8 Å². The van der Waals surface area contributed by atoms with Gasteiger partial charge in [-0.3, -0.25) is 14.6 Å². The highest BCUT2D eigenvalue weighted by atomic mass is 35.5. The van der Waals surface area contributed by atoms with E-state index in [4.69, 9.17) is 21.1 Å². The predicted octanol–water partition coefficient (Wildman–Crippen LogP) is 4.94. The Bertz CT molecular complexity index is 1100. The Labute approximate surface area is 205 Å². The summed E-state index contributed by atoms with van der Waals surface area (Å²) in [6, 6.07) is 24.8. The van der Waals surface area contributed by atoms with Gasteiger partial charge in [-0.2, -0.15) is 0 Å². The Kier molecular flexibility index (Phi) is 7.38. The Morgan fingerprint density at radius 3 is 2.38 bits per heavy atom. The molecule has 0 N–H and O–H groups in total. The molecule has 0 aromatic heterocycles. The second kappa shape index (κ2) is 10.8. The second-order valence-corrected chi connectivity index (χ2v) is 9.31. The van der Waals surface area contributed by atoms with Crippen molar-refractivity contribution in [3.05, 3.63) is 94.5 Å². The normalized spacial score (nSPS) is 21.6. The Hall–Kier alpha value is -2.54. The number of hydrogen-bond acceptors (Lipinski definition) is 5. The smallest absolute Gasteiger partial charge is 0.168 e. The summed E-state index contributed by atoms with van der Waals surface area (Å²) in [6.07, 6.45) is 0.181. The van der Waals surface area contributed by atoms with Gasteiger partial charge in [-0.05, 0) is 46.0 Å². The topological polar surface area (TPSA) is 42.0 Å². The summed E-state index contributed by atoms with van der Waals surface area (Å²) in [6.45, 7) is 5.56. The van der Waals surface area contributed by atoms with Gasteiger partial charge in [-0.25, -0.2) is 0 Å². The van der Waals surface area contributed by atoms with E-state index >= 15 is 0 Å². The molecule has 2 heterocycles. The van der Waals surface area contributed by atoms with Crippen LogP contribution in [0.4, 0.5) is 0 Å². The number of benzene rings is 3. The van der Waals surface area contributed by atoms with Crippen LogP contribution in [0, 0.1) is 0 Å². The molecule has 0 aliphatic carbocycles. The van der Waals surface area contributed by atoms with Gasteiger partial charge in [0.25, 0.3) is 0 Å². The molecule has 34 heavy (non-hydrogen) atoms. The maximum atomic E-state index is 11.9. The molecule has 6 heteroatoms. The lowest BCUT2D eigenvalue weighted by Gasteiger charge is -2.28. The van der Waals surface area contributed by atoms with Crippen molar-refractivity contribution in [2.45, 2.75) is 25.4 Å². The van der Waals surface area contributed by atoms with Crippen LogP contribution in [0.5, 0.6) is 0 Å². The van der Waals surface area contributed by atoms with Gasteiger partial charge in [-0.1, -0.05) is 66.2 Å². The molecule has 5 nitrogen and oxygen atoms in total. The van der Waals surface area contributed by atoms with Gasteiger partial charge in [-0.15, -0.1) is 0 Å². The van der Waals surface area contributed by atoms with Crippen LogP contribution < -0.4 is 0 Å². The second-order valence-electron chi connectivity index (χ2n) is 8.87. The molecule has 5 rings (SSSR count). The summed E-state index contributed by atoms with van der Waals surface area (Å²) in [5.41, 5.74) is 5.94. The van der Waals surface area contributed by atoms with Crippen molar-refractivity contribution in [1.82, 2.24) is 9.80 Å². The minimum atomic E-state index is -0.564. The Morgan fingerprint density at radius 1 is 0.882 bits per heavy atom. The zero-order valence-electron chi connectivity index (χ0n) is 19.1. The molecule has 2 atom stereocenters. The van der Waals surface area contributed by atoms with E-state index in [-0.39, 0.29) is 6.10 Å². The number of aldehydes is 1. The molecule has 0 spiro atoms. The molecule has 3 aromatic rings.